The predicted octanol–water partition coefficient (Wildman–Crippen LogP) is 4.14. The number of nitrogens with zero attached hydrogens (tertiary/aromatic N) is 1. The molecule has 5 nitrogen and oxygen atoms in total. The van der Waals surface area contributed by atoms with Gasteiger partial charge in [0.15, 0.2) is 0 Å². The minimum absolute atomic E-state index is 0.0647. The van der Waals surface area contributed by atoms with Gasteiger partial charge in [-0.2, -0.15) is 0 Å². The normalized spacial score (nSPS) is 14.2. The van der Waals surface area contributed by atoms with E-state index >= 15 is 0 Å². The zero-order valence-corrected chi connectivity index (χ0v) is 15.6. The number of halogens is 1. The first-order valence-electron chi connectivity index (χ1n) is 8.28. The Kier molecular flexibility index (Phi) is 5.00. The molecule has 26 heavy (non-hydrogen) atoms. The molecular formula is C20H19ClN2O3. The molecule has 2 aromatic carbocycles. The van der Waals surface area contributed by atoms with Crippen molar-refractivity contribution < 1.29 is 14.3 Å². The number of benzene rings is 2. The molecule has 2 amide bonds. The summed E-state index contributed by atoms with van der Waals surface area (Å²) in [5.41, 5.74) is 3.23. The number of hydrogen-bond donors (Lipinski definition) is 1. The van der Waals surface area contributed by atoms with Crippen LogP contribution in [0.15, 0.2) is 53.2 Å². The van der Waals surface area contributed by atoms with E-state index in [1.165, 1.54) is 0 Å². The fourth-order valence-electron chi connectivity index (χ4n) is 2.84. The van der Waals surface area contributed by atoms with Crippen molar-refractivity contribution >= 4 is 34.8 Å². The van der Waals surface area contributed by atoms with Gasteiger partial charge in [0, 0.05) is 5.69 Å². The zero-order chi connectivity index (χ0) is 18.8. The number of aryl methyl sites for hydroxylation is 2. The van der Waals surface area contributed by atoms with E-state index in [9.17, 15) is 9.59 Å². The number of carbonyl (C=O) groups excluding carboxylic acids is 2. The summed E-state index contributed by atoms with van der Waals surface area (Å²) in [5, 5.41) is 2.87. The highest BCUT2D eigenvalue weighted by atomic mass is 35.5. The third-order valence-electron chi connectivity index (χ3n) is 4.07. The highest BCUT2D eigenvalue weighted by Crippen LogP contribution is 2.35. The largest absolute Gasteiger partial charge is 0.492 e. The van der Waals surface area contributed by atoms with Crippen molar-refractivity contribution in [3.8, 4) is 5.75 Å². The Balaban J connectivity index is 1.95. The van der Waals surface area contributed by atoms with Crippen LogP contribution < -0.4 is 15.0 Å². The van der Waals surface area contributed by atoms with E-state index in [2.05, 4.69) is 5.32 Å². The molecule has 0 fully saturated rings. The standard InChI is InChI=1S/C20H19ClN2O3/c1-4-26-16-8-6-5-7-15(16)23-19(24)17(21)18(20(23)25)22-14-10-9-12(2)11-13(14)3/h5-11,22H,4H2,1-3H3. The lowest BCUT2D eigenvalue weighted by Gasteiger charge is -2.18. The first-order valence-corrected chi connectivity index (χ1v) is 8.66. The number of imide groups is 1. The van der Waals surface area contributed by atoms with Gasteiger partial charge in [0.25, 0.3) is 11.8 Å². The number of para-hydroxylation sites is 2. The molecule has 0 saturated carbocycles. The summed E-state index contributed by atoms with van der Waals surface area (Å²) < 4.78 is 5.54. The molecule has 0 aliphatic carbocycles. The van der Waals surface area contributed by atoms with Crippen LogP contribution in [0.4, 0.5) is 11.4 Å². The molecule has 0 unspecified atom stereocenters. The van der Waals surface area contributed by atoms with E-state index in [4.69, 9.17) is 16.3 Å². The number of anilines is 2. The number of carbonyl (C=O) groups is 2. The fraction of sp³-hybridized carbons (Fsp3) is 0.200. The van der Waals surface area contributed by atoms with E-state index in [1.807, 2.05) is 39.0 Å². The van der Waals surface area contributed by atoms with Gasteiger partial charge in [-0.3, -0.25) is 9.59 Å². The van der Waals surface area contributed by atoms with E-state index < -0.39 is 11.8 Å². The second-order valence-electron chi connectivity index (χ2n) is 5.98. The van der Waals surface area contributed by atoms with Crippen molar-refractivity contribution in [2.75, 3.05) is 16.8 Å². The highest BCUT2D eigenvalue weighted by Gasteiger charge is 2.40. The summed E-state index contributed by atoms with van der Waals surface area (Å²) >= 11 is 6.20. The van der Waals surface area contributed by atoms with Gasteiger partial charge in [0.05, 0.1) is 12.3 Å². The van der Waals surface area contributed by atoms with E-state index in [1.54, 1.807) is 24.3 Å². The van der Waals surface area contributed by atoms with Gasteiger partial charge in [-0.25, -0.2) is 4.90 Å². The summed E-state index contributed by atoms with van der Waals surface area (Å²) in [6.45, 7) is 6.16. The van der Waals surface area contributed by atoms with Crippen molar-refractivity contribution in [2.45, 2.75) is 20.8 Å². The first kappa shape index (κ1) is 18.0. The molecule has 2 aromatic rings. The van der Waals surface area contributed by atoms with Gasteiger partial charge in [0.1, 0.15) is 16.5 Å². The lowest BCUT2D eigenvalue weighted by atomic mass is 10.1. The van der Waals surface area contributed by atoms with E-state index in [-0.39, 0.29) is 10.7 Å². The molecule has 3 rings (SSSR count). The Morgan fingerprint density at radius 3 is 2.50 bits per heavy atom. The average molecular weight is 371 g/mol. The summed E-state index contributed by atoms with van der Waals surface area (Å²) in [4.78, 5) is 26.6. The number of amides is 2. The highest BCUT2D eigenvalue weighted by molar-refractivity contribution is 6.53. The van der Waals surface area contributed by atoms with Crippen molar-refractivity contribution in [3.63, 3.8) is 0 Å². The molecule has 0 saturated heterocycles. The summed E-state index contributed by atoms with van der Waals surface area (Å²) in [5.74, 6) is -0.628. The molecule has 0 spiro atoms. The second kappa shape index (κ2) is 7.22. The third-order valence-corrected chi connectivity index (χ3v) is 4.43. The summed E-state index contributed by atoms with van der Waals surface area (Å²) in [6.07, 6.45) is 0. The van der Waals surface area contributed by atoms with Crippen LogP contribution in [0.2, 0.25) is 0 Å². The summed E-state index contributed by atoms with van der Waals surface area (Å²) in [6, 6.07) is 12.7. The van der Waals surface area contributed by atoms with Gasteiger partial charge in [-0.1, -0.05) is 41.4 Å². The molecule has 6 heteroatoms. The van der Waals surface area contributed by atoms with Crippen LogP contribution in [0.5, 0.6) is 5.75 Å². The Hall–Kier alpha value is -2.79. The molecule has 134 valence electrons. The monoisotopic (exact) mass is 370 g/mol. The summed E-state index contributed by atoms with van der Waals surface area (Å²) in [7, 11) is 0. The molecule has 1 aliphatic heterocycles. The van der Waals surface area contributed by atoms with Crippen molar-refractivity contribution in [2.24, 2.45) is 0 Å². The van der Waals surface area contributed by atoms with Gasteiger partial charge < -0.3 is 10.1 Å². The number of nitrogens with one attached hydrogen (secondary N) is 1. The molecule has 0 aromatic heterocycles. The molecule has 1 N–H and O–H groups in total. The van der Waals surface area contributed by atoms with Crippen molar-refractivity contribution in [3.05, 3.63) is 64.3 Å². The Labute approximate surface area is 157 Å². The average Bonchev–Trinajstić information content (AvgIpc) is 2.81. The van der Waals surface area contributed by atoms with Crippen LogP contribution in [0.3, 0.4) is 0 Å². The van der Waals surface area contributed by atoms with Gasteiger partial charge in [0.2, 0.25) is 0 Å². The van der Waals surface area contributed by atoms with E-state index in [0.717, 1.165) is 21.7 Å². The Bertz CT molecular complexity index is 921. The molecule has 0 radical (unpaired) electrons. The van der Waals surface area contributed by atoms with Crippen LogP contribution in [0, 0.1) is 13.8 Å². The zero-order valence-electron chi connectivity index (χ0n) is 14.8. The van der Waals surface area contributed by atoms with Gasteiger partial charge in [-0.15, -0.1) is 0 Å². The van der Waals surface area contributed by atoms with Crippen LogP contribution in [0.1, 0.15) is 18.1 Å². The topological polar surface area (TPSA) is 58.6 Å². The predicted molar refractivity (Wildman–Crippen MR) is 103 cm³/mol. The van der Waals surface area contributed by atoms with Gasteiger partial charge >= 0.3 is 0 Å². The van der Waals surface area contributed by atoms with Crippen LogP contribution in [-0.4, -0.2) is 18.4 Å². The Morgan fingerprint density at radius 2 is 1.81 bits per heavy atom. The maximum absolute atomic E-state index is 12.9. The smallest absolute Gasteiger partial charge is 0.283 e. The maximum Gasteiger partial charge on any atom is 0.283 e. The van der Waals surface area contributed by atoms with E-state index in [0.29, 0.717) is 18.0 Å². The fourth-order valence-corrected chi connectivity index (χ4v) is 3.05. The SMILES string of the molecule is CCOc1ccccc1N1C(=O)C(Cl)=C(Nc2ccc(C)cc2C)C1=O. The maximum atomic E-state index is 12.9. The second-order valence-corrected chi connectivity index (χ2v) is 6.36. The van der Waals surface area contributed by atoms with Crippen LogP contribution in [-0.2, 0) is 9.59 Å². The molecule has 0 bridgehead atoms. The molecule has 1 heterocycles. The van der Waals surface area contributed by atoms with Crippen LogP contribution in [0.25, 0.3) is 0 Å². The minimum Gasteiger partial charge on any atom is -0.492 e. The first-order chi connectivity index (χ1) is 12.4. The minimum atomic E-state index is -0.573. The number of rotatable bonds is 5. The quantitative estimate of drug-likeness (QED) is 0.804. The third kappa shape index (κ3) is 3.18. The van der Waals surface area contributed by atoms with Gasteiger partial charge in [-0.05, 0) is 44.5 Å². The van der Waals surface area contributed by atoms with Crippen molar-refractivity contribution in [1.29, 1.82) is 0 Å². The molecule has 0 atom stereocenters. The molecular weight excluding hydrogens is 352 g/mol. The Morgan fingerprint density at radius 1 is 1.08 bits per heavy atom. The number of hydrogen-bond acceptors (Lipinski definition) is 4. The lowest BCUT2D eigenvalue weighted by Crippen LogP contribution is -2.32. The van der Waals surface area contributed by atoms with Crippen molar-refractivity contribution in [1.82, 2.24) is 0 Å². The number of ether oxygens (including phenoxy) is 1. The molecule has 1 aliphatic rings. The lowest BCUT2D eigenvalue weighted by molar-refractivity contribution is -0.120. The van der Waals surface area contributed by atoms with Crippen LogP contribution >= 0.6 is 11.6 Å².